The molecule has 0 radical (unpaired) electrons. The van der Waals surface area contributed by atoms with Crippen molar-refractivity contribution in [3.8, 4) is 0 Å². The molecule has 1 unspecified atom stereocenters. The highest BCUT2D eigenvalue weighted by Gasteiger charge is 2.00. The van der Waals surface area contributed by atoms with E-state index in [1.54, 1.807) is 0 Å². The van der Waals surface area contributed by atoms with E-state index in [2.05, 4.69) is 20.8 Å². The van der Waals surface area contributed by atoms with Crippen molar-refractivity contribution in [3.05, 3.63) is 0 Å². The van der Waals surface area contributed by atoms with Gasteiger partial charge in [0.05, 0.1) is 6.10 Å². The number of hydrogen-bond donors (Lipinski definition) is 0. The van der Waals surface area contributed by atoms with E-state index in [9.17, 15) is 0 Å². The van der Waals surface area contributed by atoms with Gasteiger partial charge in [0.15, 0.2) is 0 Å². The first kappa shape index (κ1) is 14.0. The second kappa shape index (κ2) is 11.0. The minimum Gasteiger partial charge on any atom is -0.379 e. The van der Waals surface area contributed by atoms with Crippen LogP contribution in [0.25, 0.3) is 0 Å². The molecule has 86 valence electrons. The van der Waals surface area contributed by atoms with Crippen LogP contribution in [0, 0.1) is 0 Å². The molecule has 0 bridgehead atoms. The van der Waals surface area contributed by atoms with Crippen LogP contribution in [0.3, 0.4) is 0 Å². The zero-order valence-corrected chi connectivity index (χ0v) is 10.3. The van der Waals surface area contributed by atoms with Gasteiger partial charge in [-0.2, -0.15) is 0 Å². The molecule has 0 aromatic heterocycles. The van der Waals surface area contributed by atoms with E-state index in [1.165, 1.54) is 51.4 Å². The summed E-state index contributed by atoms with van der Waals surface area (Å²) < 4.78 is 5.69. The standard InChI is InChI=1S/C13H28O/c1-4-6-8-9-10-11-13(3)14-12-7-5-2/h13H,4-12H2,1-3H3. The van der Waals surface area contributed by atoms with Gasteiger partial charge in [-0.05, 0) is 19.8 Å². The molecule has 1 heteroatoms. The molecule has 0 saturated heterocycles. The van der Waals surface area contributed by atoms with Gasteiger partial charge in [0.1, 0.15) is 0 Å². The molecule has 1 atom stereocenters. The molecular formula is C13H28O. The Hall–Kier alpha value is -0.0400. The Balaban J connectivity index is 3.06. The Morgan fingerprint density at radius 1 is 0.857 bits per heavy atom. The monoisotopic (exact) mass is 200 g/mol. The van der Waals surface area contributed by atoms with Crippen LogP contribution in [0.2, 0.25) is 0 Å². The molecule has 0 aromatic rings. The number of unbranched alkanes of at least 4 members (excludes halogenated alkanes) is 5. The molecule has 0 heterocycles. The summed E-state index contributed by atoms with van der Waals surface area (Å²) in [6.07, 6.45) is 11.0. The normalized spacial score (nSPS) is 13.1. The second-order valence-corrected chi connectivity index (χ2v) is 4.24. The third kappa shape index (κ3) is 10.0. The summed E-state index contributed by atoms with van der Waals surface area (Å²) in [6, 6.07) is 0. The smallest absolute Gasteiger partial charge is 0.0547 e. The van der Waals surface area contributed by atoms with E-state index in [1.807, 2.05) is 0 Å². The fourth-order valence-electron chi connectivity index (χ4n) is 1.55. The third-order valence-corrected chi connectivity index (χ3v) is 2.61. The summed E-state index contributed by atoms with van der Waals surface area (Å²) in [5.74, 6) is 0. The summed E-state index contributed by atoms with van der Waals surface area (Å²) in [4.78, 5) is 0. The summed E-state index contributed by atoms with van der Waals surface area (Å²) in [5.41, 5.74) is 0. The van der Waals surface area contributed by atoms with E-state index in [0.29, 0.717) is 6.10 Å². The molecular weight excluding hydrogens is 172 g/mol. The minimum atomic E-state index is 0.475. The van der Waals surface area contributed by atoms with Crippen molar-refractivity contribution < 1.29 is 4.74 Å². The third-order valence-electron chi connectivity index (χ3n) is 2.61. The molecule has 0 aliphatic rings. The molecule has 0 aliphatic heterocycles. The Labute approximate surface area is 90.2 Å². The zero-order chi connectivity index (χ0) is 10.6. The van der Waals surface area contributed by atoms with E-state index >= 15 is 0 Å². The van der Waals surface area contributed by atoms with Crippen LogP contribution in [0.5, 0.6) is 0 Å². The zero-order valence-electron chi connectivity index (χ0n) is 10.3. The van der Waals surface area contributed by atoms with Gasteiger partial charge in [-0.25, -0.2) is 0 Å². The van der Waals surface area contributed by atoms with Crippen molar-refractivity contribution in [1.29, 1.82) is 0 Å². The number of rotatable bonds is 10. The van der Waals surface area contributed by atoms with Crippen LogP contribution in [-0.2, 0) is 4.74 Å². The van der Waals surface area contributed by atoms with Crippen molar-refractivity contribution in [2.45, 2.75) is 78.2 Å². The fourth-order valence-corrected chi connectivity index (χ4v) is 1.55. The summed E-state index contributed by atoms with van der Waals surface area (Å²) in [6.45, 7) is 7.62. The maximum absolute atomic E-state index is 5.69. The van der Waals surface area contributed by atoms with Crippen LogP contribution < -0.4 is 0 Å². The molecule has 14 heavy (non-hydrogen) atoms. The SMILES string of the molecule is CCCCCCCC(C)OCCCC. The molecule has 0 saturated carbocycles. The highest BCUT2D eigenvalue weighted by molar-refractivity contribution is 4.51. The van der Waals surface area contributed by atoms with Crippen molar-refractivity contribution in [2.24, 2.45) is 0 Å². The second-order valence-electron chi connectivity index (χ2n) is 4.24. The highest BCUT2D eigenvalue weighted by atomic mass is 16.5. The first-order valence-electron chi connectivity index (χ1n) is 6.42. The molecule has 0 amide bonds. The molecule has 0 fully saturated rings. The lowest BCUT2D eigenvalue weighted by atomic mass is 10.1. The molecule has 0 rings (SSSR count). The molecule has 0 N–H and O–H groups in total. The predicted molar refractivity (Wildman–Crippen MR) is 63.7 cm³/mol. The van der Waals surface area contributed by atoms with E-state index in [4.69, 9.17) is 4.74 Å². The molecule has 1 nitrogen and oxygen atoms in total. The van der Waals surface area contributed by atoms with Crippen molar-refractivity contribution in [2.75, 3.05) is 6.61 Å². The minimum absolute atomic E-state index is 0.475. The van der Waals surface area contributed by atoms with Crippen LogP contribution in [-0.4, -0.2) is 12.7 Å². The largest absolute Gasteiger partial charge is 0.379 e. The van der Waals surface area contributed by atoms with Gasteiger partial charge in [0.25, 0.3) is 0 Å². The highest BCUT2D eigenvalue weighted by Crippen LogP contribution is 2.09. The van der Waals surface area contributed by atoms with Gasteiger partial charge >= 0.3 is 0 Å². The summed E-state index contributed by atoms with van der Waals surface area (Å²) in [7, 11) is 0. The number of hydrogen-bond acceptors (Lipinski definition) is 1. The fraction of sp³-hybridized carbons (Fsp3) is 1.00. The van der Waals surface area contributed by atoms with Gasteiger partial charge in [-0.15, -0.1) is 0 Å². The van der Waals surface area contributed by atoms with Gasteiger partial charge in [-0.1, -0.05) is 52.4 Å². The quantitative estimate of drug-likeness (QED) is 0.470. The summed E-state index contributed by atoms with van der Waals surface area (Å²) >= 11 is 0. The average Bonchev–Trinajstić information content (AvgIpc) is 2.18. The van der Waals surface area contributed by atoms with Gasteiger partial charge in [0.2, 0.25) is 0 Å². The number of ether oxygens (including phenoxy) is 1. The van der Waals surface area contributed by atoms with Crippen molar-refractivity contribution in [1.82, 2.24) is 0 Å². The lowest BCUT2D eigenvalue weighted by molar-refractivity contribution is 0.0566. The first-order valence-corrected chi connectivity index (χ1v) is 6.42. The molecule has 0 spiro atoms. The van der Waals surface area contributed by atoms with Gasteiger partial charge in [0, 0.05) is 6.61 Å². The van der Waals surface area contributed by atoms with Crippen molar-refractivity contribution in [3.63, 3.8) is 0 Å². The Morgan fingerprint density at radius 3 is 2.14 bits per heavy atom. The molecule has 0 aliphatic carbocycles. The Morgan fingerprint density at radius 2 is 1.50 bits per heavy atom. The lowest BCUT2D eigenvalue weighted by Crippen LogP contribution is -2.08. The summed E-state index contributed by atoms with van der Waals surface area (Å²) in [5, 5.41) is 0. The maximum atomic E-state index is 5.69. The lowest BCUT2D eigenvalue weighted by Gasteiger charge is -2.12. The predicted octanol–water partition coefficient (Wildman–Crippen LogP) is 4.55. The average molecular weight is 200 g/mol. The van der Waals surface area contributed by atoms with Crippen LogP contribution in [0.1, 0.15) is 72.1 Å². The van der Waals surface area contributed by atoms with Crippen LogP contribution in [0.15, 0.2) is 0 Å². The van der Waals surface area contributed by atoms with Gasteiger partial charge in [-0.3, -0.25) is 0 Å². The maximum Gasteiger partial charge on any atom is 0.0547 e. The molecule has 0 aromatic carbocycles. The first-order chi connectivity index (χ1) is 6.81. The van der Waals surface area contributed by atoms with Gasteiger partial charge < -0.3 is 4.74 Å². The van der Waals surface area contributed by atoms with Crippen LogP contribution >= 0.6 is 0 Å². The Bertz CT molecular complexity index is 101. The topological polar surface area (TPSA) is 9.23 Å². The Kier molecular flexibility index (Phi) is 11.0. The van der Waals surface area contributed by atoms with Crippen molar-refractivity contribution >= 4 is 0 Å². The van der Waals surface area contributed by atoms with Crippen LogP contribution in [0.4, 0.5) is 0 Å². The van der Waals surface area contributed by atoms with E-state index in [0.717, 1.165) is 6.61 Å². The van der Waals surface area contributed by atoms with E-state index < -0.39 is 0 Å². The van der Waals surface area contributed by atoms with E-state index in [-0.39, 0.29) is 0 Å².